The zero-order valence-corrected chi connectivity index (χ0v) is 22.6. The lowest BCUT2D eigenvalue weighted by Crippen LogP contribution is -2.37. The second-order valence-corrected chi connectivity index (χ2v) is 11.8. The Morgan fingerprint density at radius 2 is 2.06 bits per heavy atom. The maximum atomic E-state index is 15.2. The Morgan fingerprint density at radius 1 is 1.33 bits per heavy atom. The molecule has 0 spiro atoms. The van der Waals surface area contributed by atoms with Crippen molar-refractivity contribution in [2.45, 2.75) is 53.0 Å². The topological polar surface area (TPSA) is 108 Å². The van der Waals surface area contributed by atoms with Gasteiger partial charge in [0.05, 0.1) is 31.0 Å². The first-order chi connectivity index (χ1) is 16.9. The number of thiophene rings is 1. The molecule has 1 amide bonds. The predicted octanol–water partition coefficient (Wildman–Crippen LogP) is 4.88. The number of nitrogens with zero attached hydrogens (tertiary/aromatic N) is 3. The fourth-order valence-electron chi connectivity index (χ4n) is 3.76. The highest BCUT2D eigenvalue weighted by Gasteiger charge is 2.23. The van der Waals surface area contributed by atoms with Gasteiger partial charge < -0.3 is 19.0 Å². The number of hydrogen-bond acceptors (Lipinski definition) is 7. The zero-order valence-electron chi connectivity index (χ0n) is 21.0. The van der Waals surface area contributed by atoms with Crippen LogP contribution in [0, 0.1) is 11.7 Å². The molecule has 0 aliphatic carbocycles. The van der Waals surface area contributed by atoms with Crippen LogP contribution < -0.4 is 4.74 Å². The standard InChI is InChI=1S/C25H32FN3O5S2/c1-16(2)12-19-14-20(22(35-19)34-24(31)29(10-11-30)36(32)33)17-6-7-18(21(26)13-17)15-28-9-8-27-23(28)25(3,4)5/h6-9,13-14,16,30H,10-12,15H2,1-5H3,(H,32,33)/p-1. The predicted molar refractivity (Wildman–Crippen MR) is 137 cm³/mol. The van der Waals surface area contributed by atoms with E-state index in [9.17, 15) is 13.6 Å². The van der Waals surface area contributed by atoms with Gasteiger partial charge in [0.1, 0.15) is 11.6 Å². The van der Waals surface area contributed by atoms with Crippen LogP contribution in [0.1, 0.15) is 50.9 Å². The Morgan fingerprint density at radius 3 is 2.64 bits per heavy atom. The summed E-state index contributed by atoms with van der Waals surface area (Å²) >= 11 is -1.70. The van der Waals surface area contributed by atoms with Crippen molar-refractivity contribution in [3.05, 3.63) is 58.7 Å². The fourth-order valence-corrected chi connectivity index (χ4v) is 5.38. The molecule has 2 heterocycles. The molecule has 11 heteroatoms. The summed E-state index contributed by atoms with van der Waals surface area (Å²) in [5.41, 5.74) is 1.28. The van der Waals surface area contributed by atoms with Gasteiger partial charge in [0.15, 0.2) is 5.06 Å². The smallest absolute Gasteiger partial charge is 0.427 e. The molecule has 0 radical (unpaired) electrons. The molecule has 36 heavy (non-hydrogen) atoms. The van der Waals surface area contributed by atoms with Gasteiger partial charge in [-0.2, -0.15) is 0 Å². The number of carbonyl (C=O) groups is 1. The lowest BCUT2D eigenvalue weighted by molar-refractivity contribution is 0.169. The average molecular weight is 537 g/mol. The van der Waals surface area contributed by atoms with Gasteiger partial charge in [0.25, 0.3) is 0 Å². The summed E-state index contributed by atoms with van der Waals surface area (Å²) < 4.78 is 45.7. The van der Waals surface area contributed by atoms with Crippen molar-refractivity contribution in [2.75, 3.05) is 13.2 Å². The van der Waals surface area contributed by atoms with Gasteiger partial charge in [-0.3, -0.25) is 4.21 Å². The van der Waals surface area contributed by atoms with Crippen molar-refractivity contribution in [3.63, 3.8) is 0 Å². The van der Waals surface area contributed by atoms with Crippen LogP contribution in [0.25, 0.3) is 11.1 Å². The molecule has 0 aliphatic rings. The number of aliphatic hydroxyl groups excluding tert-OH is 1. The second kappa shape index (κ2) is 11.6. The zero-order chi connectivity index (χ0) is 26.6. The van der Waals surface area contributed by atoms with E-state index in [0.29, 0.717) is 39.9 Å². The number of amides is 1. The van der Waals surface area contributed by atoms with E-state index in [4.69, 9.17) is 9.84 Å². The molecular weight excluding hydrogens is 505 g/mol. The van der Waals surface area contributed by atoms with Crippen molar-refractivity contribution in [1.29, 1.82) is 0 Å². The van der Waals surface area contributed by atoms with Crippen LogP contribution in [0.3, 0.4) is 0 Å². The van der Waals surface area contributed by atoms with Gasteiger partial charge in [-0.1, -0.05) is 46.8 Å². The maximum absolute atomic E-state index is 15.2. The minimum Gasteiger partial charge on any atom is -0.755 e. The summed E-state index contributed by atoms with van der Waals surface area (Å²) in [6.07, 6.45) is 3.09. The summed E-state index contributed by atoms with van der Waals surface area (Å²) in [4.78, 5) is 17.8. The number of rotatable bonds is 9. The summed E-state index contributed by atoms with van der Waals surface area (Å²) in [7, 11) is 0. The van der Waals surface area contributed by atoms with Crippen LogP contribution in [-0.4, -0.2) is 47.0 Å². The Bertz CT molecular complexity index is 1230. The molecule has 0 saturated carbocycles. The molecule has 3 aromatic rings. The summed E-state index contributed by atoms with van der Waals surface area (Å²) in [5.74, 6) is 0.753. The molecule has 0 saturated heterocycles. The summed E-state index contributed by atoms with van der Waals surface area (Å²) in [6.45, 7) is 9.57. The van der Waals surface area contributed by atoms with Gasteiger partial charge in [0.2, 0.25) is 0 Å². The van der Waals surface area contributed by atoms with Crippen LogP contribution in [-0.2, 0) is 29.6 Å². The Hall–Kier alpha value is -2.60. The van der Waals surface area contributed by atoms with Crippen molar-refractivity contribution in [3.8, 4) is 16.2 Å². The van der Waals surface area contributed by atoms with E-state index in [-0.39, 0.29) is 10.5 Å². The number of imidazole rings is 1. The first kappa shape index (κ1) is 28.0. The number of hydrogen-bond donors (Lipinski definition) is 1. The highest BCUT2D eigenvalue weighted by atomic mass is 32.2. The number of aromatic nitrogens is 2. The molecule has 2 aromatic heterocycles. The molecule has 1 N–H and O–H groups in total. The van der Waals surface area contributed by atoms with Gasteiger partial charge in [-0.05, 0) is 30.0 Å². The van der Waals surface area contributed by atoms with Gasteiger partial charge in [0, 0.05) is 33.8 Å². The van der Waals surface area contributed by atoms with Crippen molar-refractivity contribution < 1.29 is 27.8 Å². The molecule has 1 unspecified atom stereocenters. The number of halogens is 1. The van der Waals surface area contributed by atoms with Gasteiger partial charge in [-0.15, -0.1) is 11.3 Å². The Labute approximate surface area is 217 Å². The third kappa shape index (κ3) is 6.78. The lowest BCUT2D eigenvalue weighted by atomic mass is 9.95. The van der Waals surface area contributed by atoms with E-state index in [0.717, 1.165) is 10.7 Å². The van der Waals surface area contributed by atoms with E-state index in [1.165, 1.54) is 17.4 Å². The van der Waals surface area contributed by atoms with E-state index >= 15 is 4.39 Å². The minimum atomic E-state index is -2.91. The first-order valence-corrected chi connectivity index (χ1v) is 13.4. The van der Waals surface area contributed by atoms with Crippen LogP contribution in [0.15, 0.2) is 36.7 Å². The van der Waals surface area contributed by atoms with E-state index in [2.05, 4.69) is 4.98 Å². The molecule has 1 aromatic carbocycles. The van der Waals surface area contributed by atoms with E-state index in [1.807, 2.05) is 51.4 Å². The van der Waals surface area contributed by atoms with Crippen LogP contribution >= 0.6 is 11.3 Å². The summed E-state index contributed by atoms with van der Waals surface area (Å²) in [6, 6.07) is 6.66. The van der Waals surface area contributed by atoms with Crippen LogP contribution in [0.5, 0.6) is 5.06 Å². The molecule has 196 valence electrons. The molecule has 0 fully saturated rings. The molecular formula is C25H31FN3O5S2-. The first-order valence-electron chi connectivity index (χ1n) is 11.5. The number of aliphatic hydroxyl groups is 1. The largest absolute Gasteiger partial charge is 0.755 e. The van der Waals surface area contributed by atoms with Gasteiger partial charge >= 0.3 is 6.09 Å². The van der Waals surface area contributed by atoms with Crippen molar-refractivity contribution in [1.82, 2.24) is 13.9 Å². The normalized spacial score (nSPS) is 12.7. The fraction of sp³-hybridized carbons (Fsp3) is 0.440. The molecule has 8 nitrogen and oxygen atoms in total. The number of benzene rings is 1. The second-order valence-electron chi connectivity index (χ2n) is 9.86. The highest BCUT2D eigenvalue weighted by Crippen LogP contribution is 2.40. The molecule has 0 bridgehead atoms. The van der Waals surface area contributed by atoms with Crippen molar-refractivity contribution in [2.24, 2.45) is 5.92 Å². The van der Waals surface area contributed by atoms with Gasteiger partial charge in [-0.25, -0.2) is 18.5 Å². The molecule has 0 aliphatic heterocycles. The van der Waals surface area contributed by atoms with E-state index < -0.39 is 36.3 Å². The Balaban J connectivity index is 1.94. The lowest BCUT2D eigenvalue weighted by Gasteiger charge is -2.22. The monoisotopic (exact) mass is 536 g/mol. The van der Waals surface area contributed by atoms with Crippen molar-refractivity contribution >= 4 is 28.7 Å². The maximum Gasteiger partial charge on any atom is 0.427 e. The quantitative estimate of drug-likeness (QED) is 0.391. The van der Waals surface area contributed by atoms with Crippen LogP contribution in [0.4, 0.5) is 9.18 Å². The minimum absolute atomic E-state index is 0.167. The van der Waals surface area contributed by atoms with E-state index in [1.54, 1.807) is 18.3 Å². The highest BCUT2D eigenvalue weighted by molar-refractivity contribution is 7.77. The molecule has 1 atom stereocenters. The molecule has 3 rings (SSSR count). The summed E-state index contributed by atoms with van der Waals surface area (Å²) in [5, 5.41) is 9.25. The number of carbonyl (C=O) groups excluding carboxylic acids is 1. The SMILES string of the molecule is CC(C)Cc1cc(-c2ccc(Cn3ccnc3C(C)(C)C)c(F)c2)c(OC(=O)N(CCO)S(=O)[O-])s1. The Kier molecular flexibility index (Phi) is 9.04. The third-order valence-electron chi connectivity index (χ3n) is 5.32. The third-order valence-corrected chi connectivity index (χ3v) is 7.04. The average Bonchev–Trinajstić information content (AvgIpc) is 3.39. The number of ether oxygens (including phenoxy) is 1. The van der Waals surface area contributed by atoms with Crippen LogP contribution in [0.2, 0.25) is 0 Å².